The number of aromatic nitrogens is 4. The summed E-state index contributed by atoms with van der Waals surface area (Å²) >= 11 is 0. The first-order valence-electron chi connectivity index (χ1n) is 19.1. The topological polar surface area (TPSA) is 48.8 Å². The molecule has 8 aromatic rings. The number of rotatable bonds is 7. The van der Waals surface area contributed by atoms with Gasteiger partial charge in [-0.25, -0.2) is 0 Å². The van der Waals surface area contributed by atoms with E-state index in [1.165, 1.54) is 27.9 Å². The van der Waals surface area contributed by atoms with Crippen LogP contribution in [0.2, 0.25) is 0 Å². The molecule has 5 aromatic carbocycles. The van der Waals surface area contributed by atoms with Crippen LogP contribution >= 0.6 is 0 Å². The second-order valence-corrected chi connectivity index (χ2v) is 16.0. The van der Waals surface area contributed by atoms with Crippen molar-refractivity contribution in [2.45, 2.75) is 85.5 Å². The Hall–Kier alpha value is -5.03. The van der Waals surface area contributed by atoms with Gasteiger partial charge in [-0.05, 0) is 57.6 Å². The molecule has 55 heavy (non-hydrogen) atoms. The van der Waals surface area contributed by atoms with Crippen LogP contribution in [-0.2, 0) is 25.5 Å². The van der Waals surface area contributed by atoms with Gasteiger partial charge in [0.25, 0.3) is 0 Å². The maximum atomic E-state index is 6.46. The third kappa shape index (κ3) is 7.76. The standard InChI is InChI=1S/C28H27N2O.C21H23N2.Ir/c1-18(2)21-17-22(28(3,4)5)25(24-20-13-9-10-14-23(20)31-26(21)24)30-16-15-29-27(30)19-11-7-6-8-12-19;1-15(2)18-11-8-12-19(16(3)4)20(18)23-14-13-22-21(23)17-9-6-5-7-10-17;/h6-11,13-18H,1-5H3;5-9,11-16H,1-4H3;/q2*-1;. The molecule has 3 aromatic heterocycles. The molecule has 0 atom stereocenters. The molecule has 0 aliphatic rings. The van der Waals surface area contributed by atoms with Gasteiger partial charge in [0.2, 0.25) is 0 Å². The third-order valence-corrected chi connectivity index (χ3v) is 10.1. The fraction of sp³-hybridized carbons (Fsp3) is 0.265. The summed E-state index contributed by atoms with van der Waals surface area (Å²) in [5, 5.41) is 2.29. The van der Waals surface area contributed by atoms with Crippen molar-refractivity contribution >= 4 is 21.9 Å². The van der Waals surface area contributed by atoms with Gasteiger partial charge in [0.1, 0.15) is 11.2 Å². The van der Waals surface area contributed by atoms with Gasteiger partial charge in [-0.1, -0.05) is 98.7 Å². The van der Waals surface area contributed by atoms with E-state index in [0.717, 1.165) is 50.4 Å². The van der Waals surface area contributed by atoms with Gasteiger partial charge >= 0.3 is 0 Å². The van der Waals surface area contributed by atoms with E-state index in [9.17, 15) is 0 Å². The average Bonchev–Trinajstić information content (AvgIpc) is 3.94. The molecule has 0 aliphatic carbocycles. The number of furan rings is 1. The minimum absolute atomic E-state index is 0. The van der Waals surface area contributed by atoms with Crippen molar-refractivity contribution in [2.75, 3.05) is 0 Å². The van der Waals surface area contributed by atoms with Crippen LogP contribution in [0.4, 0.5) is 0 Å². The Labute approximate surface area is 339 Å². The quantitative estimate of drug-likeness (QED) is 0.150. The van der Waals surface area contributed by atoms with Gasteiger partial charge in [-0.3, -0.25) is 9.97 Å². The van der Waals surface area contributed by atoms with Crippen LogP contribution in [0.5, 0.6) is 0 Å². The summed E-state index contributed by atoms with van der Waals surface area (Å²) in [7, 11) is 0. The third-order valence-electron chi connectivity index (χ3n) is 10.1. The normalized spacial score (nSPS) is 11.7. The molecule has 0 fully saturated rings. The molecule has 0 amide bonds. The number of fused-ring (bicyclic) bond motifs is 3. The van der Waals surface area contributed by atoms with Crippen molar-refractivity contribution in [1.29, 1.82) is 0 Å². The first-order chi connectivity index (χ1) is 26.0. The number of hydrogen-bond donors (Lipinski definition) is 0. The summed E-state index contributed by atoms with van der Waals surface area (Å²) in [6.45, 7) is 20.3. The van der Waals surface area contributed by atoms with Gasteiger partial charge in [0, 0.05) is 56.0 Å². The van der Waals surface area contributed by atoms with Crippen molar-refractivity contribution in [2.24, 2.45) is 0 Å². The molecule has 6 heteroatoms. The van der Waals surface area contributed by atoms with Crippen LogP contribution in [0.25, 0.3) is 56.1 Å². The summed E-state index contributed by atoms with van der Waals surface area (Å²) in [6.07, 6.45) is 7.85. The summed E-state index contributed by atoms with van der Waals surface area (Å²) in [4.78, 5) is 9.31. The van der Waals surface area contributed by atoms with Crippen LogP contribution in [0.3, 0.4) is 0 Å². The summed E-state index contributed by atoms with van der Waals surface area (Å²) in [5.41, 5.74) is 11.5. The first-order valence-corrected chi connectivity index (χ1v) is 19.1. The maximum absolute atomic E-state index is 6.46. The second kappa shape index (κ2) is 16.4. The Morgan fingerprint density at radius 2 is 1.11 bits per heavy atom. The zero-order chi connectivity index (χ0) is 38.1. The number of hydrogen-bond acceptors (Lipinski definition) is 3. The molecule has 0 unspecified atom stereocenters. The number of para-hydroxylation sites is 2. The number of nitrogens with zero attached hydrogens (tertiary/aromatic N) is 4. The molecule has 0 saturated heterocycles. The molecule has 0 bridgehead atoms. The molecule has 5 nitrogen and oxygen atoms in total. The van der Waals surface area contributed by atoms with Gasteiger partial charge in [-0.2, -0.15) is 0 Å². The number of imidazole rings is 2. The van der Waals surface area contributed by atoms with Gasteiger partial charge in [0.15, 0.2) is 0 Å². The molecule has 283 valence electrons. The van der Waals surface area contributed by atoms with E-state index in [2.05, 4.69) is 156 Å². The zero-order valence-corrected chi connectivity index (χ0v) is 35.7. The van der Waals surface area contributed by atoms with Gasteiger partial charge in [-0.15, -0.1) is 71.8 Å². The Kier molecular flexibility index (Phi) is 11.8. The number of benzene rings is 5. The molecule has 0 saturated carbocycles. The fourth-order valence-corrected chi connectivity index (χ4v) is 7.38. The first kappa shape index (κ1) is 39.7. The molecule has 3 heterocycles. The molecular formula is C49H50IrN4O-2. The van der Waals surface area contributed by atoms with E-state index in [4.69, 9.17) is 9.40 Å². The molecule has 0 aliphatic heterocycles. The average molecular weight is 903 g/mol. The van der Waals surface area contributed by atoms with Crippen LogP contribution < -0.4 is 0 Å². The Balaban J connectivity index is 0.000000192. The van der Waals surface area contributed by atoms with Crippen LogP contribution in [0.15, 0.2) is 126 Å². The molecular weight excluding hydrogens is 853 g/mol. The van der Waals surface area contributed by atoms with E-state index in [-0.39, 0.29) is 25.5 Å². The smallest absolute Gasteiger partial charge is 0.140 e. The van der Waals surface area contributed by atoms with Gasteiger partial charge in [0.05, 0.1) is 22.7 Å². The SMILES string of the molecule is CC(C)c1cc(C(C)(C)C)c(-n2ccnc2-c2[c-]cccc2)c2c1oc1ccccc12.CC(C)c1cccc(C(C)C)c1-n1ccnc1-c1[c-]cccc1.[Ir]. The van der Waals surface area contributed by atoms with Crippen molar-refractivity contribution in [3.05, 3.63) is 156 Å². The van der Waals surface area contributed by atoms with Crippen molar-refractivity contribution in [3.63, 3.8) is 0 Å². The maximum Gasteiger partial charge on any atom is 0.140 e. The predicted molar refractivity (Wildman–Crippen MR) is 224 cm³/mol. The Bertz CT molecular complexity index is 2490. The van der Waals surface area contributed by atoms with Crippen molar-refractivity contribution < 1.29 is 24.5 Å². The fourth-order valence-electron chi connectivity index (χ4n) is 7.38. The van der Waals surface area contributed by atoms with E-state index in [0.29, 0.717) is 17.8 Å². The molecule has 0 N–H and O–H groups in total. The molecule has 1 radical (unpaired) electrons. The van der Waals surface area contributed by atoms with Crippen LogP contribution in [-0.4, -0.2) is 19.1 Å². The zero-order valence-electron chi connectivity index (χ0n) is 33.3. The second-order valence-electron chi connectivity index (χ2n) is 16.0. The Morgan fingerprint density at radius 3 is 1.60 bits per heavy atom. The van der Waals surface area contributed by atoms with Crippen LogP contribution in [0, 0.1) is 12.1 Å². The predicted octanol–water partition coefficient (Wildman–Crippen LogP) is 13.2. The summed E-state index contributed by atoms with van der Waals surface area (Å²) < 4.78 is 10.9. The van der Waals surface area contributed by atoms with Gasteiger partial charge < -0.3 is 13.6 Å². The van der Waals surface area contributed by atoms with E-state index < -0.39 is 0 Å². The molecule has 0 spiro atoms. The van der Waals surface area contributed by atoms with E-state index >= 15 is 0 Å². The molecule has 8 rings (SSSR count). The Morgan fingerprint density at radius 1 is 0.600 bits per heavy atom. The van der Waals surface area contributed by atoms with Crippen molar-refractivity contribution in [3.8, 4) is 34.2 Å². The summed E-state index contributed by atoms with van der Waals surface area (Å²) in [5.74, 6) is 3.09. The van der Waals surface area contributed by atoms with E-state index in [1.807, 2.05) is 54.9 Å². The summed E-state index contributed by atoms with van der Waals surface area (Å²) in [6, 6.07) is 39.9. The minimum Gasteiger partial charge on any atom is -0.456 e. The van der Waals surface area contributed by atoms with Crippen LogP contribution in [0.1, 0.15) is 102 Å². The minimum atomic E-state index is -0.0620. The largest absolute Gasteiger partial charge is 0.456 e. The van der Waals surface area contributed by atoms with Crippen molar-refractivity contribution in [1.82, 2.24) is 19.1 Å². The monoisotopic (exact) mass is 903 g/mol. The van der Waals surface area contributed by atoms with E-state index in [1.54, 1.807) is 0 Å².